The highest BCUT2D eigenvalue weighted by molar-refractivity contribution is 5.26. The molecule has 1 aromatic heterocycles. The zero-order valence-corrected chi connectivity index (χ0v) is 12.0. The van der Waals surface area contributed by atoms with Crippen LogP contribution < -0.4 is 14.8 Å². The molecule has 0 saturated carbocycles. The zero-order valence-electron chi connectivity index (χ0n) is 12.0. The fraction of sp³-hybridized carbons (Fsp3) is 0.357. The highest BCUT2D eigenvalue weighted by atomic mass is 19.1. The molecular formula is C14H17FN4O2. The summed E-state index contributed by atoms with van der Waals surface area (Å²) < 4.78 is 24.3. The van der Waals surface area contributed by atoms with Crippen molar-refractivity contribution in [1.82, 2.24) is 15.0 Å². The summed E-state index contributed by atoms with van der Waals surface area (Å²) in [5.41, 5.74) is 0.431. The first kappa shape index (κ1) is 15.0. The Morgan fingerprint density at radius 3 is 2.48 bits per heavy atom. The van der Waals surface area contributed by atoms with Gasteiger partial charge in [-0.15, -0.1) is 4.98 Å². The van der Waals surface area contributed by atoms with Crippen LogP contribution in [0, 0.1) is 5.82 Å². The number of hydrogen-bond acceptors (Lipinski definition) is 6. The Hall–Kier alpha value is -2.44. The van der Waals surface area contributed by atoms with Gasteiger partial charge in [-0.2, -0.15) is 9.97 Å². The van der Waals surface area contributed by atoms with Gasteiger partial charge in [0, 0.05) is 12.6 Å². The molecule has 0 saturated heterocycles. The van der Waals surface area contributed by atoms with Crippen LogP contribution in [0.5, 0.6) is 12.0 Å². The lowest BCUT2D eigenvalue weighted by molar-refractivity contribution is 0.253. The number of benzene rings is 1. The molecule has 0 atom stereocenters. The van der Waals surface area contributed by atoms with Gasteiger partial charge in [0.05, 0.1) is 6.61 Å². The van der Waals surface area contributed by atoms with Crippen molar-refractivity contribution in [1.29, 1.82) is 0 Å². The van der Waals surface area contributed by atoms with Crippen LogP contribution in [0.4, 0.5) is 10.3 Å². The van der Waals surface area contributed by atoms with Crippen molar-refractivity contribution in [2.45, 2.75) is 20.0 Å². The summed E-state index contributed by atoms with van der Waals surface area (Å²) in [6.07, 6.45) is 0.839. The number of nitrogens with zero attached hydrogens (tertiary/aromatic N) is 3. The molecular weight excluding hydrogens is 275 g/mol. The second-order valence-electron chi connectivity index (χ2n) is 4.20. The van der Waals surface area contributed by atoms with E-state index in [1.54, 1.807) is 25.2 Å². The van der Waals surface area contributed by atoms with Crippen LogP contribution in [0.3, 0.4) is 0 Å². The molecule has 21 heavy (non-hydrogen) atoms. The van der Waals surface area contributed by atoms with Crippen LogP contribution in [0.2, 0.25) is 0 Å². The summed E-state index contributed by atoms with van der Waals surface area (Å²) in [5, 5.41) is 2.80. The largest absolute Gasteiger partial charge is 0.463 e. The maximum absolute atomic E-state index is 13.5. The van der Waals surface area contributed by atoms with Gasteiger partial charge >= 0.3 is 12.0 Å². The minimum Gasteiger partial charge on any atom is -0.463 e. The molecule has 2 aromatic rings. The Morgan fingerprint density at radius 1 is 1.10 bits per heavy atom. The smallest absolute Gasteiger partial charge is 0.324 e. The van der Waals surface area contributed by atoms with Crippen molar-refractivity contribution in [2.24, 2.45) is 0 Å². The van der Waals surface area contributed by atoms with Gasteiger partial charge in [0.1, 0.15) is 12.4 Å². The SMILES string of the molecule is CCCOc1nc(NC)nc(OCc2ccccc2F)n1. The molecule has 6 nitrogen and oxygen atoms in total. The predicted molar refractivity (Wildman–Crippen MR) is 75.9 cm³/mol. The molecule has 0 amide bonds. The van der Waals surface area contributed by atoms with E-state index in [0.717, 1.165) is 6.42 Å². The predicted octanol–water partition coefficient (Wildman–Crippen LogP) is 2.42. The molecule has 1 heterocycles. The van der Waals surface area contributed by atoms with Crippen molar-refractivity contribution < 1.29 is 13.9 Å². The molecule has 0 spiro atoms. The quantitative estimate of drug-likeness (QED) is 0.845. The van der Waals surface area contributed by atoms with Gasteiger partial charge in [-0.1, -0.05) is 25.1 Å². The molecule has 0 aliphatic rings. The minimum absolute atomic E-state index is 0.0348. The Labute approximate surface area is 122 Å². The van der Waals surface area contributed by atoms with Gasteiger partial charge < -0.3 is 14.8 Å². The number of anilines is 1. The highest BCUT2D eigenvalue weighted by Gasteiger charge is 2.09. The summed E-state index contributed by atoms with van der Waals surface area (Å²) in [7, 11) is 1.68. The van der Waals surface area contributed by atoms with Crippen molar-refractivity contribution in [3.8, 4) is 12.0 Å². The average Bonchev–Trinajstić information content (AvgIpc) is 2.52. The second-order valence-corrected chi connectivity index (χ2v) is 4.20. The maximum Gasteiger partial charge on any atom is 0.324 e. The Bertz CT molecular complexity index is 595. The average molecular weight is 292 g/mol. The molecule has 0 bridgehead atoms. The van der Waals surface area contributed by atoms with E-state index in [4.69, 9.17) is 9.47 Å². The van der Waals surface area contributed by atoms with E-state index in [-0.39, 0.29) is 24.4 Å². The van der Waals surface area contributed by atoms with Crippen LogP contribution in [0.25, 0.3) is 0 Å². The van der Waals surface area contributed by atoms with Crippen molar-refractivity contribution in [3.05, 3.63) is 35.6 Å². The molecule has 112 valence electrons. The van der Waals surface area contributed by atoms with Crippen molar-refractivity contribution in [2.75, 3.05) is 19.0 Å². The van der Waals surface area contributed by atoms with Crippen molar-refractivity contribution >= 4 is 5.95 Å². The number of ether oxygens (including phenoxy) is 2. The van der Waals surface area contributed by atoms with E-state index in [1.807, 2.05) is 6.92 Å². The molecule has 0 fully saturated rings. The Kier molecular flexibility index (Phi) is 5.25. The summed E-state index contributed by atoms with van der Waals surface area (Å²) >= 11 is 0. The van der Waals surface area contributed by atoms with E-state index in [0.29, 0.717) is 18.1 Å². The van der Waals surface area contributed by atoms with Gasteiger partial charge in [0.2, 0.25) is 5.95 Å². The molecule has 0 aliphatic heterocycles. The topological polar surface area (TPSA) is 69.2 Å². The van der Waals surface area contributed by atoms with E-state index >= 15 is 0 Å². The normalized spacial score (nSPS) is 10.2. The Balaban J connectivity index is 2.09. The van der Waals surface area contributed by atoms with E-state index in [2.05, 4.69) is 20.3 Å². The lowest BCUT2D eigenvalue weighted by Gasteiger charge is -2.09. The lowest BCUT2D eigenvalue weighted by atomic mass is 10.2. The zero-order chi connectivity index (χ0) is 15.1. The summed E-state index contributed by atoms with van der Waals surface area (Å²) in [4.78, 5) is 12.1. The summed E-state index contributed by atoms with van der Waals surface area (Å²) in [6, 6.07) is 6.65. The van der Waals surface area contributed by atoms with E-state index in [1.165, 1.54) is 6.07 Å². The van der Waals surface area contributed by atoms with Gasteiger partial charge in [-0.25, -0.2) is 4.39 Å². The van der Waals surface area contributed by atoms with Gasteiger partial charge in [-0.3, -0.25) is 0 Å². The van der Waals surface area contributed by atoms with E-state index < -0.39 is 0 Å². The monoisotopic (exact) mass is 292 g/mol. The summed E-state index contributed by atoms with van der Waals surface area (Å²) in [5.74, 6) is 0.00230. The first-order valence-electron chi connectivity index (χ1n) is 6.65. The molecule has 2 rings (SSSR count). The van der Waals surface area contributed by atoms with Gasteiger partial charge in [-0.05, 0) is 12.5 Å². The molecule has 7 heteroatoms. The van der Waals surface area contributed by atoms with Gasteiger partial charge in [0.25, 0.3) is 0 Å². The fourth-order valence-corrected chi connectivity index (χ4v) is 1.53. The van der Waals surface area contributed by atoms with Gasteiger partial charge in [0.15, 0.2) is 0 Å². The number of rotatable bonds is 7. The van der Waals surface area contributed by atoms with Crippen LogP contribution in [0.15, 0.2) is 24.3 Å². The highest BCUT2D eigenvalue weighted by Crippen LogP contribution is 2.15. The van der Waals surface area contributed by atoms with Crippen LogP contribution in [0.1, 0.15) is 18.9 Å². The first-order chi connectivity index (χ1) is 10.2. The molecule has 1 aromatic carbocycles. The number of hydrogen-bond donors (Lipinski definition) is 1. The minimum atomic E-state index is -0.331. The first-order valence-corrected chi connectivity index (χ1v) is 6.65. The molecule has 0 aliphatic carbocycles. The molecule has 1 N–H and O–H groups in total. The van der Waals surface area contributed by atoms with Crippen LogP contribution >= 0.6 is 0 Å². The lowest BCUT2D eigenvalue weighted by Crippen LogP contribution is -2.08. The molecule has 0 unspecified atom stereocenters. The van der Waals surface area contributed by atoms with Crippen molar-refractivity contribution in [3.63, 3.8) is 0 Å². The molecule has 0 radical (unpaired) electrons. The van der Waals surface area contributed by atoms with Crippen LogP contribution in [-0.2, 0) is 6.61 Å². The van der Waals surface area contributed by atoms with Crippen LogP contribution in [-0.4, -0.2) is 28.6 Å². The number of halogens is 1. The number of aromatic nitrogens is 3. The second kappa shape index (κ2) is 7.37. The Morgan fingerprint density at radius 2 is 1.81 bits per heavy atom. The standard InChI is InChI=1S/C14H17FN4O2/c1-3-8-20-13-17-12(16-2)18-14(19-13)21-9-10-6-4-5-7-11(10)15/h4-7H,3,8-9H2,1-2H3,(H,16,17,18,19). The third-order valence-corrected chi connectivity index (χ3v) is 2.57. The fourth-order valence-electron chi connectivity index (χ4n) is 1.53. The third kappa shape index (κ3) is 4.27. The summed E-state index contributed by atoms with van der Waals surface area (Å²) in [6.45, 7) is 2.52. The number of nitrogens with one attached hydrogen (secondary N) is 1. The maximum atomic E-state index is 13.5. The van der Waals surface area contributed by atoms with E-state index in [9.17, 15) is 4.39 Å². The third-order valence-electron chi connectivity index (χ3n) is 2.57.